The molecule has 0 spiro atoms. The second kappa shape index (κ2) is 6.99. The molecule has 4 heteroatoms. The molecule has 0 saturated heterocycles. The summed E-state index contributed by atoms with van der Waals surface area (Å²) in [5, 5.41) is 2.59. The Balaban J connectivity index is 2.01. The summed E-state index contributed by atoms with van der Waals surface area (Å²) in [6, 6.07) is 19.1. The summed E-state index contributed by atoms with van der Waals surface area (Å²) >= 11 is 7.96. The van der Waals surface area contributed by atoms with Crippen LogP contribution in [0.3, 0.4) is 0 Å². The Morgan fingerprint density at radius 2 is 1.91 bits per heavy atom. The Morgan fingerprint density at radius 3 is 2.61 bits per heavy atom. The Hall–Kier alpha value is -2.10. The van der Waals surface area contributed by atoms with Crippen LogP contribution in [0.5, 0.6) is 0 Å². The van der Waals surface area contributed by atoms with E-state index in [-0.39, 0.29) is 5.91 Å². The minimum absolute atomic E-state index is 0.0461. The molecule has 1 amide bonds. The number of anilines is 1. The molecule has 116 valence electrons. The fourth-order valence-corrected chi connectivity index (χ4v) is 3.36. The molecule has 0 unspecified atom stereocenters. The third-order valence-electron chi connectivity index (χ3n) is 3.55. The monoisotopic (exact) mass is 341 g/mol. The molecule has 1 heterocycles. The van der Waals surface area contributed by atoms with Gasteiger partial charge in [-0.05, 0) is 42.6 Å². The summed E-state index contributed by atoms with van der Waals surface area (Å²) in [6.45, 7) is 2.49. The highest BCUT2D eigenvalue weighted by atomic mass is 35.5. The second-order valence-electron chi connectivity index (χ2n) is 5.29. The van der Waals surface area contributed by atoms with Crippen molar-refractivity contribution in [3.05, 3.63) is 87.1 Å². The Morgan fingerprint density at radius 1 is 1.09 bits per heavy atom. The van der Waals surface area contributed by atoms with E-state index in [0.29, 0.717) is 17.1 Å². The van der Waals surface area contributed by atoms with Crippen molar-refractivity contribution < 1.29 is 4.79 Å². The molecule has 0 aliphatic heterocycles. The molecule has 0 aliphatic rings. The normalized spacial score (nSPS) is 10.5. The summed E-state index contributed by atoms with van der Waals surface area (Å²) in [4.78, 5) is 15.9. The second-order valence-corrected chi connectivity index (χ2v) is 6.73. The van der Waals surface area contributed by atoms with E-state index >= 15 is 0 Å². The number of thiophene rings is 1. The molecule has 0 saturated carbocycles. The van der Waals surface area contributed by atoms with Crippen molar-refractivity contribution >= 4 is 34.5 Å². The minimum atomic E-state index is -0.0461. The van der Waals surface area contributed by atoms with Crippen LogP contribution in [0.1, 0.15) is 20.8 Å². The van der Waals surface area contributed by atoms with Gasteiger partial charge in [0.05, 0.1) is 17.3 Å². The number of halogens is 1. The standard InChI is InChI=1S/C19H16ClNOS/c1-14-6-4-7-15(12-14)19(22)21(13-16-8-5-11-23-16)18-10-3-2-9-17(18)20/h2-12H,13H2,1H3. The fraction of sp³-hybridized carbons (Fsp3) is 0.105. The number of carbonyl (C=O) groups is 1. The first kappa shape index (κ1) is 15.8. The lowest BCUT2D eigenvalue weighted by molar-refractivity contribution is 0.0985. The number of para-hydroxylation sites is 1. The van der Waals surface area contributed by atoms with Gasteiger partial charge in [0, 0.05) is 10.4 Å². The average Bonchev–Trinajstić information content (AvgIpc) is 3.06. The van der Waals surface area contributed by atoms with Gasteiger partial charge in [-0.3, -0.25) is 4.79 Å². The van der Waals surface area contributed by atoms with Crippen LogP contribution in [0.4, 0.5) is 5.69 Å². The summed E-state index contributed by atoms with van der Waals surface area (Å²) in [7, 11) is 0. The molecule has 0 fully saturated rings. The zero-order chi connectivity index (χ0) is 16.2. The van der Waals surface area contributed by atoms with E-state index in [1.807, 2.05) is 73.0 Å². The first-order chi connectivity index (χ1) is 11.1. The van der Waals surface area contributed by atoms with Gasteiger partial charge in [-0.15, -0.1) is 11.3 Å². The first-order valence-electron chi connectivity index (χ1n) is 7.30. The van der Waals surface area contributed by atoms with Crippen molar-refractivity contribution in [1.82, 2.24) is 0 Å². The summed E-state index contributed by atoms with van der Waals surface area (Å²) in [5.74, 6) is -0.0461. The lowest BCUT2D eigenvalue weighted by Crippen LogP contribution is -2.30. The van der Waals surface area contributed by atoms with Gasteiger partial charge in [-0.2, -0.15) is 0 Å². The molecule has 2 nitrogen and oxygen atoms in total. The van der Waals surface area contributed by atoms with Crippen LogP contribution in [0, 0.1) is 6.92 Å². The third-order valence-corrected chi connectivity index (χ3v) is 4.73. The Labute approximate surface area is 145 Å². The topological polar surface area (TPSA) is 20.3 Å². The molecule has 3 rings (SSSR count). The minimum Gasteiger partial charge on any atom is -0.302 e. The SMILES string of the molecule is Cc1cccc(C(=O)N(Cc2cccs2)c2ccccc2Cl)c1. The van der Waals surface area contributed by atoms with Crippen molar-refractivity contribution in [2.24, 2.45) is 0 Å². The molecule has 0 atom stereocenters. The lowest BCUT2D eigenvalue weighted by atomic mass is 10.1. The van der Waals surface area contributed by atoms with Crippen LogP contribution in [0.2, 0.25) is 5.02 Å². The molecule has 1 aromatic heterocycles. The number of amides is 1. The molecule has 0 aliphatic carbocycles. The highest BCUT2D eigenvalue weighted by molar-refractivity contribution is 7.09. The largest absolute Gasteiger partial charge is 0.302 e. The zero-order valence-corrected chi connectivity index (χ0v) is 14.3. The van der Waals surface area contributed by atoms with E-state index in [1.165, 1.54) is 0 Å². The molecule has 0 bridgehead atoms. The van der Waals surface area contributed by atoms with E-state index < -0.39 is 0 Å². The van der Waals surface area contributed by atoms with E-state index in [1.54, 1.807) is 16.2 Å². The molecule has 2 aromatic carbocycles. The van der Waals surface area contributed by atoms with Crippen LogP contribution in [0.15, 0.2) is 66.0 Å². The highest BCUT2D eigenvalue weighted by Gasteiger charge is 2.20. The number of carbonyl (C=O) groups excluding carboxylic acids is 1. The fourth-order valence-electron chi connectivity index (χ4n) is 2.43. The molecular weight excluding hydrogens is 326 g/mol. The smallest absolute Gasteiger partial charge is 0.258 e. The van der Waals surface area contributed by atoms with E-state index in [2.05, 4.69) is 0 Å². The molecule has 3 aromatic rings. The van der Waals surface area contributed by atoms with Gasteiger partial charge in [-0.25, -0.2) is 0 Å². The quantitative estimate of drug-likeness (QED) is 0.608. The van der Waals surface area contributed by atoms with Gasteiger partial charge in [-0.1, -0.05) is 47.5 Å². The van der Waals surface area contributed by atoms with Gasteiger partial charge < -0.3 is 4.90 Å². The zero-order valence-electron chi connectivity index (χ0n) is 12.7. The molecular formula is C19H16ClNOS. The number of aryl methyl sites for hydroxylation is 1. The molecule has 0 N–H and O–H groups in total. The van der Waals surface area contributed by atoms with Gasteiger partial charge in [0.2, 0.25) is 0 Å². The Kier molecular flexibility index (Phi) is 4.79. The van der Waals surface area contributed by atoms with Crippen molar-refractivity contribution in [2.75, 3.05) is 4.90 Å². The molecule has 23 heavy (non-hydrogen) atoms. The van der Waals surface area contributed by atoms with Gasteiger partial charge in [0.15, 0.2) is 0 Å². The molecule has 0 radical (unpaired) electrons. The number of benzene rings is 2. The summed E-state index contributed by atoms with van der Waals surface area (Å²) in [6.07, 6.45) is 0. The Bertz CT molecular complexity index is 814. The maximum atomic E-state index is 13.0. The predicted octanol–water partition coefficient (Wildman–Crippen LogP) is 5.56. The third kappa shape index (κ3) is 3.63. The summed E-state index contributed by atoms with van der Waals surface area (Å²) < 4.78 is 0. The van der Waals surface area contributed by atoms with E-state index in [9.17, 15) is 4.79 Å². The van der Waals surface area contributed by atoms with Crippen LogP contribution < -0.4 is 4.90 Å². The van der Waals surface area contributed by atoms with Crippen LogP contribution in [0.25, 0.3) is 0 Å². The predicted molar refractivity (Wildman–Crippen MR) is 97.5 cm³/mol. The van der Waals surface area contributed by atoms with Gasteiger partial charge in [0.25, 0.3) is 5.91 Å². The van der Waals surface area contributed by atoms with E-state index in [0.717, 1.165) is 16.1 Å². The van der Waals surface area contributed by atoms with Crippen LogP contribution in [-0.2, 0) is 6.54 Å². The summed E-state index contributed by atoms with van der Waals surface area (Å²) in [5.41, 5.74) is 2.46. The van der Waals surface area contributed by atoms with Crippen molar-refractivity contribution in [3.8, 4) is 0 Å². The van der Waals surface area contributed by atoms with Crippen molar-refractivity contribution in [2.45, 2.75) is 13.5 Å². The maximum Gasteiger partial charge on any atom is 0.258 e. The number of nitrogens with zero attached hydrogens (tertiary/aromatic N) is 1. The van der Waals surface area contributed by atoms with Crippen LogP contribution in [-0.4, -0.2) is 5.91 Å². The van der Waals surface area contributed by atoms with Crippen molar-refractivity contribution in [3.63, 3.8) is 0 Å². The van der Waals surface area contributed by atoms with Gasteiger partial charge >= 0.3 is 0 Å². The van der Waals surface area contributed by atoms with E-state index in [4.69, 9.17) is 11.6 Å². The number of hydrogen-bond acceptors (Lipinski definition) is 2. The number of rotatable bonds is 4. The number of hydrogen-bond donors (Lipinski definition) is 0. The average molecular weight is 342 g/mol. The first-order valence-corrected chi connectivity index (χ1v) is 8.56. The lowest BCUT2D eigenvalue weighted by Gasteiger charge is -2.23. The van der Waals surface area contributed by atoms with Crippen molar-refractivity contribution in [1.29, 1.82) is 0 Å². The van der Waals surface area contributed by atoms with Crippen LogP contribution >= 0.6 is 22.9 Å². The highest BCUT2D eigenvalue weighted by Crippen LogP contribution is 2.29. The maximum absolute atomic E-state index is 13.0. The van der Waals surface area contributed by atoms with Gasteiger partial charge in [0.1, 0.15) is 0 Å².